The molecule has 0 rings (SSSR count). The minimum absolute atomic E-state index is 0.0106. The molecule has 3 nitrogen and oxygen atoms in total. The van der Waals surface area contributed by atoms with E-state index in [1.165, 1.54) is 0 Å². The third-order valence-corrected chi connectivity index (χ3v) is 2.26. The largest absolute Gasteiger partial charge is 0.480 e. The highest BCUT2D eigenvalue weighted by Crippen LogP contribution is 2.31. The Labute approximate surface area is 80.3 Å². The maximum atomic E-state index is 10.8. The maximum absolute atomic E-state index is 10.8. The third-order valence-electron chi connectivity index (χ3n) is 2.26. The lowest BCUT2D eigenvalue weighted by molar-refractivity contribution is -0.143. The van der Waals surface area contributed by atoms with Gasteiger partial charge in [-0.25, -0.2) is 0 Å². The van der Waals surface area contributed by atoms with Gasteiger partial charge in [-0.15, -0.1) is 0 Å². The van der Waals surface area contributed by atoms with E-state index in [2.05, 4.69) is 20.8 Å². The van der Waals surface area contributed by atoms with Gasteiger partial charge in [-0.2, -0.15) is 0 Å². The van der Waals surface area contributed by atoms with Gasteiger partial charge in [0.1, 0.15) is 5.54 Å². The van der Waals surface area contributed by atoms with E-state index in [9.17, 15) is 4.79 Å². The maximum Gasteiger partial charge on any atom is 0.323 e. The van der Waals surface area contributed by atoms with E-state index in [-0.39, 0.29) is 5.41 Å². The first-order chi connectivity index (χ1) is 5.71. The van der Waals surface area contributed by atoms with Gasteiger partial charge in [-0.3, -0.25) is 4.79 Å². The molecule has 0 heterocycles. The molecule has 78 valence electrons. The molecule has 0 aliphatic heterocycles. The van der Waals surface area contributed by atoms with Crippen LogP contribution in [0, 0.1) is 5.41 Å². The first-order valence-electron chi connectivity index (χ1n) is 4.73. The number of aliphatic carboxylic acids is 1. The van der Waals surface area contributed by atoms with E-state index in [1.807, 2.05) is 0 Å². The van der Waals surface area contributed by atoms with Gasteiger partial charge in [0.2, 0.25) is 0 Å². The summed E-state index contributed by atoms with van der Waals surface area (Å²) in [5, 5.41) is 8.85. The van der Waals surface area contributed by atoms with Crippen LogP contribution in [0.2, 0.25) is 0 Å². The molecule has 0 aliphatic rings. The van der Waals surface area contributed by atoms with Crippen molar-refractivity contribution in [3.8, 4) is 0 Å². The van der Waals surface area contributed by atoms with Crippen LogP contribution in [0.4, 0.5) is 0 Å². The minimum atomic E-state index is -1.10. The minimum Gasteiger partial charge on any atom is -0.480 e. The van der Waals surface area contributed by atoms with E-state index in [1.54, 1.807) is 6.92 Å². The molecule has 0 bridgehead atoms. The zero-order valence-electron chi connectivity index (χ0n) is 9.05. The van der Waals surface area contributed by atoms with Crippen LogP contribution in [-0.2, 0) is 4.79 Å². The normalized spacial score (nSPS) is 16.7. The van der Waals surface area contributed by atoms with E-state index >= 15 is 0 Å². The van der Waals surface area contributed by atoms with Crippen molar-refractivity contribution in [3.05, 3.63) is 0 Å². The summed E-state index contributed by atoms with van der Waals surface area (Å²) in [7, 11) is 0. The molecule has 0 aliphatic carbocycles. The number of hydrogen-bond donors (Lipinski definition) is 2. The molecular weight excluding hydrogens is 166 g/mol. The average molecular weight is 187 g/mol. The quantitative estimate of drug-likeness (QED) is 0.692. The van der Waals surface area contributed by atoms with Crippen LogP contribution in [0.3, 0.4) is 0 Å². The van der Waals surface area contributed by atoms with Crippen LogP contribution in [0.15, 0.2) is 0 Å². The first-order valence-corrected chi connectivity index (χ1v) is 4.73. The fraction of sp³-hybridized carbons (Fsp3) is 0.900. The van der Waals surface area contributed by atoms with Crippen LogP contribution in [-0.4, -0.2) is 16.6 Å². The fourth-order valence-electron chi connectivity index (χ4n) is 1.83. The summed E-state index contributed by atoms with van der Waals surface area (Å²) in [6.45, 7) is 7.79. The van der Waals surface area contributed by atoms with Crippen LogP contribution < -0.4 is 5.73 Å². The van der Waals surface area contributed by atoms with Gasteiger partial charge in [-0.05, 0) is 25.2 Å². The Bertz CT molecular complexity index is 185. The Morgan fingerprint density at radius 2 is 1.85 bits per heavy atom. The number of carboxylic acid groups (broad SMARTS) is 1. The number of hydrogen-bond acceptors (Lipinski definition) is 2. The van der Waals surface area contributed by atoms with Crippen molar-refractivity contribution in [1.29, 1.82) is 0 Å². The standard InChI is InChI=1S/C10H21NO2/c1-5-6-9(2,3)7-10(4,11)8(12)13/h5-7,11H2,1-4H3,(H,12,13). The molecular formula is C10H21NO2. The monoisotopic (exact) mass is 187 g/mol. The first kappa shape index (κ1) is 12.4. The molecule has 0 aromatic carbocycles. The molecule has 1 unspecified atom stereocenters. The van der Waals surface area contributed by atoms with Crippen molar-refractivity contribution in [2.75, 3.05) is 0 Å². The van der Waals surface area contributed by atoms with Crippen LogP contribution in [0.1, 0.15) is 47.0 Å². The SMILES string of the molecule is CCCC(C)(C)CC(C)(N)C(=O)O. The molecule has 13 heavy (non-hydrogen) atoms. The lowest BCUT2D eigenvalue weighted by Gasteiger charge is -2.31. The fourth-order valence-corrected chi connectivity index (χ4v) is 1.83. The summed E-state index contributed by atoms with van der Waals surface area (Å²) in [6.07, 6.45) is 2.58. The van der Waals surface area contributed by atoms with Gasteiger partial charge in [0.05, 0.1) is 0 Å². The van der Waals surface area contributed by atoms with Crippen molar-refractivity contribution in [1.82, 2.24) is 0 Å². The molecule has 0 amide bonds. The van der Waals surface area contributed by atoms with Crippen LogP contribution in [0.5, 0.6) is 0 Å². The predicted octanol–water partition coefficient (Wildman–Crippen LogP) is 2.00. The Hall–Kier alpha value is -0.570. The molecule has 1 atom stereocenters. The third kappa shape index (κ3) is 4.27. The highest BCUT2D eigenvalue weighted by molar-refractivity contribution is 5.77. The zero-order valence-corrected chi connectivity index (χ0v) is 9.05. The number of nitrogens with two attached hydrogens (primary N) is 1. The highest BCUT2D eigenvalue weighted by atomic mass is 16.4. The summed E-state index contributed by atoms with van der Waals surface area (Å²) >= 11 is 0. The molecule has 3 N–H and O–H groups in total. The van der Waals surface area contributed by atoms with Crippen molar-refractivity contribution in [2.45, 2.75) is 52.5 Å². The van der Waals surface area contributed by atoms with Gasteiger partial charge in [0.25, 0.3) is 0 Å². The molecule has 0 saturated heterocycles. The summed E-state index contributed by atoms with van der Waals surface area (Å²) in [4.78, 5) is 10.8. The topological polar surface area (TPSA) is 63.3 Å². The van der Waals surface area contributed by atoms with Crippen molar-refractivity contribution in [2.24, 2.45) is 11.1 Å². The van der Waals surface area contributed by atoms with Gasteiger partial charge in [0.15, 0.2) is 0 Å². The second-order valence-corrected chi connectivity index (χ2v) is 4.81. The molecule has 3 heteroatoms. The van der Waals surface area contributed by atoms with Gasteiger partial charge in [0, 0.05) is 0 Å². The molecule has 0 aromatic rings. The van der Waals surface area contributed by atoms with Crippen molar-refractivity contribution < 1.29 is 9.90 Å². The summed E-state index contributed by atoms with van der Waals surface area (Å²) in [5.74, 6) is -0.920. The summed E-state index contributed by atoms with van der Waals surface area (Å²) < 4.78 is 0. The van der Waals surface area contributed by atoms with Crippen molar-refractivity contribution in [3.63, 3.8) is 0 Å². The van der Waals surface area contributed by atoms with E-state index < -0.39 is 11.5 Å². The van der Waals surface area contributed by atoms with Gasteiger partial charge < -0.3 is 10.8 Å². The summed E-state index contributed by atoms with van der Waals surface area (Å²) in [6, 6.07) is 0. The average Bonchev–Trinajstić information content (AvgIpc) is 1.83. The second kappa shape index (κ2) is 4.09. The van der Waals surface area contributed by atoms with Gasteiger partial charge >= 0.3 is 5.97 Å². The molecule has 0 aromatic heterocycles. The van der Waals surface area contributed by atoms with E-state index in [4.69, 9.17) is 10.8 Å². The lowest BCUT2D eigenvalue weighted by Crippen LogP contribution is -2.48. The van der Waals surface area contributed by atoms with Gasteiger partial charge in [-0.1, -0.05) is 27.2 Å². The highest BCUT2D eigenvalue weighted by Gasteiger charge is 2.34. The predicted molar refractivity (Wildman–Crippen MR) is 53.5 cm³/mol. The van der Waals surface area contributed by atoms with Crippen LogP contribution >= 0.6 is 0 Å². The number of rotatable bonds is 5. The Morgan fingerprint density at radius 1 is 1.38 bits per heavy atom. The lowest BCUT2D eigenvalue weighted by atomic mass is 9.77. The molecule has 0 radical (unpaired) electrons. The zero-order chi connectivity index (χ0) is 10.7. The number of carbonyl (C=O) groups is 1. The Kier molecular flexibility index (Phi) is 3.91. The molecule has 0 spiro atoms. The van der Waals surface area contributed by atoms with Crippen molar-refractivity contribution >= 4 is 5.97 Å². The van der Waals surface area contributed by atoms with E-state index in [0.717, 1.165) is 12.8 Å². The van der Waals surface area contributed by atoms with Crippen LogP contribution in [0.25, 0.3) is 0 Å². The Balaban J connectivity index is 4.33. The van der Waals surface area contributed by atoms with E-state index in [0.29, 0.717) is 6.42 Å². The molecule has 0 saturated carbocycles. The smallest absolute Gasteiger partial charge is 0.323 e. The number of carboxylic acids is 1. The molecule has 0 fully saturated rings. The Morgan fingerprint density at radius 3 is 2.15 bits per heavy atom. The summed E-state index contributed by atoms with van der Waals surface area (Å²) in [5.41, 5.74) is 4.59. The second-order valence-electron chi connectivity index (χ2n) is 4.81.